The molecule has 1 fully saturated rings. The monoisotopic (exact) mass is 734 g/mol. The predicted molar refractivity (Wildman–Crippen MR) is 205 cm³/mol. The van der Waals surface area contributed by atoms with Gasteiger partial charge in [0.05, 0.1) is 51.9 Å². The first-order valence-electron chi connectivity index (χ1n) is 17.4. The molecule has 5 heterocycles. The standard InChI is InChI=1S/C40H39FN6O5S/c1-23-9-11-24(12-10-23)38-36(39(48)42-3)27-19-26(32(21-34(27)52-38)45(4)53(5,50)51)29-13-14-30-37(44-29)33-20-25-28(41)7-6-8-31(25)47(33)35(43-30)22-46-17-15-40(2,49)16-18-46/h6-14,19-21,49H,15-18,22H2,1-5H3,(H,42,48). The number of likely N-dealkylation sites (tertiary alicyclic amines) is 1. The Balaban J connectivity index is 1.37. The van der Waals surface area contributed by atoms with Gasteiger partial charge in [0.1, 0.15) is 28.5 Å². The van der Waals surface area contributed by atoms with Crippen LogP contribution in [0.5, 0.6) is 0 Å². The van der Waals surface area contributed by atoms with Crippen molar-refractivity contribution in [2.75, 3.05) is 37.7 Å². The molecule has 7 aromatic rings. The Morgan fingerprint density at radius 3 is 2.45 bits per heavy atom. The van der Waals surface area contributed by atoms with Crippen molar-refractivity contribution >= 4 is 60.0 Å². The summed E-state index contributed by atoms with van der Waals surface area (Å²) in [7, 11) is -0.754. The molecule has 1 aliphatic rings. The van der Waals surface area contributed by atoms with Crippen molar-refractivity contribution in [2.45, 2.75) is 38.8 Å². The number of fused-ring (bicyclic) bond motifs is 6. The van der Waals surface area contributed by atoms with Gasteiger partial charge in [-0.05, 0) is 63.1 Å². The van der Waals surface area contributed by atoms with Gasteiger partial charge in [0.15, 0.2) is 0 Å². The van der Waals surface area contributed by atoms with Crippen LogP contribution in [0, 0.1) is 12.7 Å². The van der Waals surface area contributed by atoms with Crippen LogP contribution in [0.3, 0.4) is 0 Å². The lowest BCUT2D eigenvalue weighted by molar-refractivity contribution is -0.00791. The van der Waals surface area contributed by atoms with Gasteiger partial charge in [0.2, 0.25) is 10.0 Å². The zero-order chi connectivity index (χ0) is 37.4. The molecule has 272 valence electrons. The van der Waals surface area contributed by atoms with Gasteiger partial charge in [-0.1, -0.05) is 35.9 Å². The SMILES string of the molecule is CNC(=O)c1c(-c2ccc(C)cc2)oc2cc(N(C)S(C)(=O)=O)c(-c3ccc4nc(CN5CCC(C)(O)CC5)n5c6cccc(F)c6cc5c4n3)cc12. The molecule has 0 spiro atoms. The number of carbonyl (C=O) groups excluding carboxylic acids is 1. The fourth-order valence-corrected chi connectivity index (χ4v) is 7.76. The lowest BCUT2D eigenvalue weighted by Crippen LogP contribution is -2.42. The number of furan rings is 1. The average molecular weight is 735 g/mol. The first-order chi connectivity index (χ1) is 25.2. The Hall–Kier alpha value is -5.37. The summed E-state index contributed by atoms with van der Waals surface area (Å²) in [5, 5.41) is 14.2. The molecule has 11 nitrogen and oxygen atoms in total. The van der Waals surface area contributed by atoms with E-state index in [1.54, 1.807) is 37.4 Å². The molecule has 0 bridgehead atoms. The van der Waals surface area contributed by atoms with Gasteiger partial charge < -0.3 is 14.8 Å². The van der Waals surface area contributed by atoms with E-state index < -0.39 is 15.6 Å². The zero-order valence-corrected chi connectivity index (χ0v) is 30.9. The molecule has 13 heteroatoms. The summed E-state index contributed by atoms with van der Waals surface area (Å²) < 4.78 is 50.8. The van der Waals surface area contributed by atoms with E-state index >= 15 is 4.39 Å². The fourth-order valence-electron chi connectivity index (χ4n) is 7.25. The number of aryl methyl sites for hydroxylation is 1. The van der Waals surface area contributed by atoms with Crippen LogP contribution in [0.25, 0.3) is 61.0 Å². The van der Waals surface area contributed by atoms with Gasteiger partial charge in [-0.3, -0.25) is 18.4 Å². The van der Waals surface area contributed by atoms with Crippen LogP contribution >= 0.6 is 0 Å². The maximum atomic E-state index is 15.3. The van der Waals surface area contributed by atoms with Gasteiger partial charge in [0.25, 0.3) is 5.91 Å². The van der Waals surface area contributed by atoms with E-state index in [4.69, 9.17) is 14.4 Å². The first-order valence-corrected chi connectivity index (χ1v) is 19.3. The summed E-state index contributed by atoms with van der Waals surface area (Å²) in [6.07, 6.45) is 2.38. The van der Waals surface area contributed by atoms with Crippen LogP contribution in [0.15, 0.2) is 77.2 Å². The summed E-state index contributed by atoms with van der Waals surface area (Å²) in [6.45, 7) is 5.69. The van der Waals surface area contributed by atoms with Crippen LogP contribution in [-0.2, 0) is 16.6 Å². The summed E-state index contributed by atoms with van der Waals surface area (Å²) in [5.74, 6) is 0.330. The molecule has 4 aromatic heterocycles. The number of halogens is 1. The molecule has 1 saturated heterocycles. The number of rotatable bonds is 7. The maximum Gasteiger partial charge on any atom is 0.255 e. The van der Waals surface area contributed by atoms with E-state index in [9.17, 15) is 18.3 Å². The number of aliphatic hydroxyl groups is 1. The highest BCUT2D eigenvalue weighted by Crippen LogP contribution is 2.42. The number of nitrogens with one attached hydrogen (secondary N) is 1. The van der Waals surface area contributed by atoms with Crippen molar-refractivity contribution in [1.29, 1.82) is 0 Å². The number of aromatic nitrogens is 3. The molecular weight excluding hydrogens is 696 g/mol. The molecule has 53 heavy (non-hydrogen) atoms. The Morgan fingerprint density at radius 1 is 1.02 bits per heavy atom. The van der Waals surface area contributed by atoms with Gasteiger partial charge in [-0.2, -0.15) is 0 Å². The van der Waals surface area contributed by atoms with Gasteiger partial charge in [-0.15, -0.1) is 0 Å². The maximum absolute atomic E-state index is 15.3. The van der Waals surface area contributed by atoms with Gasteiger partial charge >= 0.3 is 0 Å². The molecule has 0 saturated carbocycles. The van der Waals surface area contributed by atoms with E-state index in [1.807, 2.05) is 54.6 Å². The second-order valence-electron chi connectivity index (χ2n) is 14.3. The molecule has 1 aliphatic heterocycles. The average Bonchev–Trinajstić information content (AvgIpc) is 3.71. The smallest absolute Gasteiger partial charge is 0.255 e. The molecule has 0 unspecified atom stereocenters. The minimum absolute atomic E-state index is 0.299. The fraction of sp³-hybridized carbons (Fsp3) is 0.275. The highest BCUT2D eigenvalue weighted by Gasteiger charge is 2.29. The number of nitrogens with zero attached hydrogens (tertiary/aromatic N) is 5. The van der Waals surface area contributed by atoms with Crippen molar-refractivity contribution < 1.29 is 27.1 Å². The normalized spacial score (nSPS) is 15.2. The van der Waals surface area contributed by atoms with E-state index in [0.717, 1.165) is 16.1 Å². The van der Waals surface area contributed by atoms with Crippen LogP contribution in [-0.4, -0.2) is 77.7 Å². The molecule has 3 aromatic carbocycles. The highest BCUT2D eigenvalue weighted by molar-refractivity contribution is 7.92. The van der Waals surface area contributed by atoms with Crippen molar-refractivity contribution in [2.24, 2.45) is 0 Å². The van der Waals surface area contributed by atoms with Crippen LogP contribution < -0.4 is 9.62 Å². The first kappa shape index (κ1) is 34.7. The van der Waals surface area contributed by atoms with Crippen LogP contribution in [0.2, 0.25) is 0 Å². The van der Waals surface area contributed by atoms with Crippen molar-refractivity contribution in [1.82, 2.24) is 24.6 Å². The van der Waals surface area contributed by atoms with Crippen LogP contribution in [0.4, 0.5) is 10.1 Å². The lowest BCUT2D eigenvalue weighted by atomic mass is 9.94. The zero-order valence-electron chi connectivity index (χ0n) is 30.1. The number of anilines is 1. The Kier molecular flexibility index (Phi) is 8.28. The molecule has 2 N–H and O–H groups in total. The Labute approximate surface area is 305 Å². The van der Waals surface area contributed by atoms with Crippen molar-refractivity contribution in [3.05, 3.63) is 95.6 Å². The topological polar surface area (TPSA) is 133 Å². The van der Waals surface area contributed by atoms with E-state index in [2.05, 4.69) is 10.2 Å². The number of hydrogen-bond donors (Lipinski definition) is 2. The number of amides is 1. The second kappa shape index (κ2) is 12.6. The quantitative estimate of drug-likeness (QED) is 0.186. The number of carbonyl (C=O) groups is 1. The number of sulfonamides is 1. The molecular formula is C40H39FN6O5S. The number of benzene rings is 3. The second-order valence-corrected chi connectivity index (χ2v) is 16.3. The van der Waals surface area contributed by atoms with Crippen molar-refractivity contribution in [3.63, 3.8) is 0 Å². The largest absolute Gasteiger partial charge is 0.455 e. The lowest BCUT2D eigenvalue weighted by Gasteiger charge is -2.35. The summed E-state index contributed by atoms with van der Waals surface area (Å²) in [5.41, 5.74) is 5.20. The van der Waals surface area contributed by atoms with E-state index in [1.165, 1.54) is 13.1 Å². The molecule has 0 atom stereocenters. The third-order valence-electron chi connectivity index (χ3n) is 10.4. The van der Waals surface area contributed by atoms with E-state index in [0.29, 0.717) is 111 Å². The summed E-state index contributed by atoms with van der Waals surface area (Å²) >= 11 is 0. The van der Waals surface area contributed by atoms with E-state index in [-0.39, 0.29) is 11.7 Å². The minimum atomic E-state index is -3.76. The minimum Gasteiger partial charge on any atom is -0.455 e. The molecule has 0 radical (unpaired) electrons. The predicted octanol–water partition coefficient (Wildman–Crippen LogP) is 6.67. The molecule has 1 amide bonds. The molecule has 0 aliphatic carbocycles. The summed E-state index contributed by atoms with van der Waals surface area (Å²) in [4.78, 5) is 25.9. The number of hydrogen-bond acceptors (Lipinski definition) is 8. The third-order valence-corrected chi connectivity index (χ3v) is 11.6. The summed E-state index contributed by atoms with van der Waals surface area (Å²) in [6, 6.07) is 21.3. The number of pyridine rings is 1. The van der Waals surface area contributed by atoms with Crippen molar-refractivity contribution in [3.8, 4) is 22.6 Å². The van der Waals surface area contributed by atoms with Gasteiger partial charge in [0, 0.05) is 55.2 Å². The Morgan fingerprint density at radius 2 is 1.75 bits per heavy atom. The highest BCUT2D eigenvalue weighted by atomic mass is 32.2. The number of piperidine rings is 1. The Bertz CT molecular complexity index is 2710. The molecule has 8 rings (SSSR count). The third kappa shape index (κ3) is 6.08. The van der Waals surface area contributed by atoms with Crippen LogP contribution in [0.1, 0.15) is 41.5 Å². The van der Waals surface area contributed by atoms with Gasteiger partial charge in [-0.25, -0.2) is 22.8 Å².